The Morgan fingerprint density at radius 2 is 1.92 bits per heavy atom. The van der Waals surface area contributed by atoms with Gasteiger partial charge in [0.25, 0.3) is 0 Å². The third-order valence-electron chi connectivity index (χ3n) is 3.84. The Morgan fingerprint density at radius 1 is 1.16 bits per heavy atom. The van der Waals surface area contributed by atoms with E-state index in [-0.39, 0.29) is 12.1 Å². The van der Waals surface area contributed by atoms with E-state index < -0.39 is 0 Å². The van der Waals surface area contributed by atoms with Gasteiger partial charge in [-0.2, -0.15) is 0 Å². The molecular weight excluding hydrogens is 316 g/mol. The molecule has 25 heavy (non-hydrogen) atoms. The van der Waals surface area contributed by atoms with Gasteiger partial charge < -0.3 is 16.0 Å². The summed E-state index contributed by atoms with van der Waals surface area (Å²) in [5.74, 6) is 0. The van der Waals surface area contributed by atoms with E-state index in [1.807, 2.05) is 62.4 Å². The Morgan fingerprint density at radius 3 is 2.68 bits per heavy atom. The van der Waals surface area contributed by atoms with Crippen molar-refractivity contribution in [1.82, 2.24) is 25.6 Å². The van der Waals surface area contributed by atoms with Crippen LogP contribution in [0.15, 0.2) is 48.5 Å². The summed E-state index contributed by atoms with van der Waals surface area (Å²) in [6.45, 7) is 5.52. The zero-order valence-corrected chi connectivity index (χ0v) is 14.4. The van der Waals surface area contributed by atoms with E-state index >= 15 is 0 Å². The molecule has 0 aliphatic carbocycles. The minimum Gasteiger partial charge on any atom is -0.336 e. The Hall–Kier alpha value is -2.93. The average molecular weight is 338 g/mol. The Bertz CT molecular complexity index is 842. The second kappa shape index (κ2) is 7.76. The van der Waals surface area contributed by atoms with Gasteiger partial charge in [-0.1, -0.05) is 24.3 Å². The number of para-hydroxylation sites is 1. The summed E-state index contributed by atoms with van der Waals surface area (Å²) in [6.07, 6.45) is 0. The van der Waals surface area contributed by atoms with Crippen LogP contribution in [0, 0.1) is 0 Å². The van der Waals surface area contributed by atoms with Gasteiger partial charge in [0, 0.05) is 18.3 Å². The fraction of sp³-hybridized carbons (Fsp3) is 0.278. The number of carbonyl (C=O) groups is 1. The van der Waals surface area contributed by atoms with Gasteiger partial charge in [-0.15, -0.1) is 5.10 Å². The van der Waals surface area contributed by atoms with Crippen molar-refractivity contribution in [3.63, 3.8) is 0 Å². The lowest BCUT2D eigenvalue weighted by Crippen LogP contribution is -2.40. The summed E-state index contributed by atoms with van der Waals surface area (Å²) in [5.41, 5.74) is 3.40. The fourth-order valence-electron chi connectivity index (χ4n) is 2.59. The molecule has 0 saturated carbocycles. The number of hydrogen-bond donors (Lipinski definition) is 3. The number of hydrogen-bond acceptors (Lipinski definition) is 4. The minimum atomic E-state index is -0.219. The van der Waals surface area contributed by atoms with Crippen molar-refractivity contribution in [2.75, 3.05) is 18.4 Å². The van der Waals surface area contributed by atoms with Crippen molar-refractivity contribution in [3.8, 4) is 5.69 Å². The zero-order chi connectivity index (χ0) is 17.6. The first-order chi connectivity index (χ1) is 12.2. The molecule has 0 aliphatic heterocycles. The van der Waals surface area contributed by atoms with Crippen LogP contribution in [0.4, 0.5) is 10.5 Å². The predicted molar refractivity (Wildman–Crippen MR) is 99.0 cm³/mol. The first-order valence-electron chi connectivity index (χ1n) is 8.36. The van der Waals surface area contributed by atoms with Crippen LogP contribution in [-0.4, -0.2) is 40.2 Å². The van der Waals surface area contributed by atoms with Crippen molar-refractivity contribution in [2.24, 2.45) is 0 Å². The molecule has 7 heteroatoms. The summed E-state index contributed by atoms with van der Waals surface area (Å²) in [5, 5.41) is 17.2. The van der Waals surface area contributed by atoms with Crippen LogP contribution in [0.25, 0.3) is 16.7 Å². The summed E-state index contributed by atoms with van der Waals surface area (Å²) in [7, 11) is 0. The van der Waals surface area contributed by atoms with Crippen molar-refractivity contribution in [1.29, 1.82) is 0 Å². The fourth-order valence-corrected chi connectivity index (χ4v) is 2.59. The standard InChI is InChI=1S/C18H22N6O/c1-3-19-13(2)12-20-18(25)21-14-8-10-15(11-9-14)24-17-7-5-4-6-16(17)22-23-24/h4-11,13,19H,3,12H2,1-2H3,(H2,20,21,25)/t13-/m1/s1. The van der Waals surface area contributed by atoms with Crippen LogP contribution in [0.5, 0.6) is 0 Å². The summed E-state index contributed by atoms with van der Waals surface area (Å²) in [6, 6.07) is 15.3. The highest BCUT2D eigenvalue weighted by molar-refractivity contribution is 5.89. The zero-order valence-electron chi connectivity index (χ0n) is 14.4. The molecule has 0 fully saturated rings. The first kappa shape index (κ1) is 16.9. The lowest BCUT2D eigenvalue weighted by Gasteiger charge is -2.14. The molecule has 0 bridgehead atoms. The van der Waals surface area contributed by atoms with Crippen LogP contribution < -0.4 is 16.0 Å². The quantitative estimate of drug-likeness (QED) is 0.645. The van der Waals surface area contributed by atoms with E-state index in [0.29, 0.717) is 6.54 Å². The Balaban J connectivity index is 1.63. The van der Waals surface area contributed by atoms with Crippen molar-refractivity contribution in [2.45, 2.75) is 19.9 Å². The topological polar surface area (TPSA) is 83.9 Å². The third kappa shape index (κ3) is 4.13. The molecule has 1 heterocycles. The maximum atomic E-state index is 11.9. The molecule has 0 aliphatic rings. The van der Waals surface area contributed by atoms with E-state index in [2.05, 4.69) is 26.3 Å². The minimum absolute atomic E-state index is 0.219. The SMILES string of the molecule is CCN[C@H](C)CNC(=O)Nc1ccc(-n2nnc3ccccc32)cc1. The van der Waals surface area contributed by atoms with E-state index in [1.165, 1.54) is 0 Å². The molecule has 3 N–H and O–H groups in total. The highest BCUT2D eigenvalue weighted by Gasteiger charge is 2.07. The maximum Gasteiger partial charge on any atom is 0.319 e. The van der Waals surface area contributed by atoms with Gasteiger partial charge in [0.15, 0.2) is 0 Å². The number of fused-ring (bicyclic) bond motifs is 1. The number of likely N-dealkylation sites (N-methyl/N-ethyl adjacent to an activating group) is 1. The molecule has 7 nitrogen and oxygen atoms in total. The molecule has 130 valence electrons. The second-order valence-corrected chi connectivity index (χ2v) is 5.83. The monoisotopic (exact) mass is 338 g/mol. The number of aromatic nitrogens is 3. The van der Waals surface area contributed by atoms with E-state index in [4.69, 9.17) is 0 Å². The van der Waals surface area contributed by atoms with Gasteiger partial charge in [0.05, 0.1) is 11.2 Å². The summed E-state index contributed by atoms with van der Waals surface area (Å²) < 4.78 is 1.78. The highest BCUT2D eigenvalue weighted by Crippen LogP contribution is 2.17. The smallest absolute Gasteiger partial charge is 0.319 e. The third-order valence-corrected chi connectivity index (χ3v) is 3.84. The Kier molecular flexibility index (Phi) is 5.25. The number of benzene rings is 2. The number of nitrogens with zero attached hydrogens (tertiary/aromatic N) is 3. The van der Waals surface area contributed by atoms with Crippen LogP contribution in [0.1, 0.15) is 13.8 Å². The van der Waals surface area contributed by atoms with Gasteiger partial charge in [-0.25, -0.2) is 9.48 Å². The number of urea groups is 1. The van der Waals surface area contributed by atoms with E-state index in [1.54, 1.807) is 4.68 Å². The number of amides is 2. The van der Waals surface area contributed by atoms with Crippen LogP contribution >= 0.6 is 0 Å². The average Bonchev–Trinajstić information content (AvgIpc) is 3.05. The molecule has 0 saturated heterocycles. The van der Waals surface area contributed by atoms with Crippen molar-refractivity contribution in [3.05, 3.63) is 48.5 Å². The molecule has 3 aromatic rings. The molecule has 0 spiro atoms. The van der Waals surface area contributed by atoms with E-state index in [9.17, 15) is 4.79 Å². The largest absolute Gasteiger partial charge is 0.336 e. The molecule has 0 radical (unpaired) electrons. The van der Waals surface area contributed by atoms with Gasteiger partial charge in [-0.3, -0.25) is 0 Å². The highest BCUT2D eigenvalue weighted by atomic mass is 16.2. The van der Waals surface area contributed by atoms with Gasteiger partial charge >= 0.3 is 6.03 Å². The molecule has 2 amide bonds. The number of carbonyl (C=O) groups excluding carboxylic acids is 1. The van der Waals surface area contributed by atoms with Gasteiger partial charge in [0.1, 0.15) is 5.52 Å². The van der Waals surface area contributed by atoms with Gasteiger partial charge in [0.2, 0.25) is 0 Å². The Labute approximate surface area is 146 Å². The molecular formula is C18H22N6O. The van der Waals surface area contributed by atoms with Gasteiger partial charge in [-0.05, 0) is 49.9 Å². The lowest BCUT2D eigenvalue weighted by molar-refractivity contribution is 0.251. The lowest BCUT2D eigenvalue weighted by atomic mass is 10.2. The maximum absolute atomic E-state index is 11.9. The van der Waals surface area contributed by atoms with Crippen molar-refractivity contribution < 1.29 is 4.79 Å². The predicted octanol–water partition coefficient (Wildman–Crippen LogP) is 2.54. The van der Waals surface area contributed by atoms with Crippen molar-refractivity contribution >= 4 is 22.8 Å². The number of anilines is 1. The number of nitrogens with one attached hydrogen (secondary N) is 3. The number of rotatable bonds is 6. The van der Waals surface area contributed by atoms with E-state index in [0.717, 1.165) is 29.0 Å². The van der Waals surface area contributed by atoms with Crippen LogP contribution in [-0.2, 0) is 0 Å². The normalized spacial score (nSPS) is 12.1. The van der Waals surface area contributed by atoms with Crippen LogP contribution in [0.2, 0.25) is 0 Å². The first-order valence-corrected chi connectivity index (χ1v) is 8.36. The second-order valence-electron chi connectivity index (χ2n) is 5.83. The molecule has 2 aromatic carbocycles. The van der Waals surface area contributed by atoms with Crippen LogP contribution in [0.3, 0.4) is 0 Å². The molecule has 3 rings (SSSR count). The molecule has 1 aromatic heterocycles. The summed E-state index contributed by atoms with van der Waals surface area (Å²) >= 11 is 0. The molecule has 0 unspecified atom stereocenters. The summed E-state index contributed by atoms with van der Waals surface area (Å²) in [4.78, 5) is 11.9. The molecule has 1 atom stereocenters.